The lowest BCUT2D eigenvalue weighted by Gasteiger charge is -2.23. The Hall–Kier alpha value is -1.93. The highest BCUT2D eigenvalue weighted by atomic mass is 35.7. The fourth-order valence-electron chi connectivity index (χ4n) is 1.83. The van der Waals surface area contributed by atoms with Gasteiger partial charge in [-0.05, 0) is 24.3 Å². The first-order valence-corrected chi connectivity index (χ1v) is 8.69. The average molecular weight is 385 g/mol. The van der Waals surface area contributed by atoms with Crippen LogP contribution in [0.25, 0.3) is 0 Å². The van der Waals surface area contributed by atoms with Crippen molar-refractivity contribution in [1.82, 2.24) is 0 Å². The molecule has 0 amide bonds. The van der Waals surface area contributed by atoms with Crippen molar-refractivity contribution in [1.29, 1.82) is 0 Å². The maximum Gasteiger partial charge on any atom is 0.165 e. The summed E-state index contributed by atoms with van der Waals surface area (Å²) < 4.78 is 35.9. The highest BCUT2D eigenvalue weighted by molar-refractivity contribution is 6.32. The van der Waals surface area contributed by atoms with Crippen molar-refractivity contribution in [2.24, 2.45) is 0 Å². The standard InChI is InChI=1S/C17H18ClN2.ClHO4/c1-19(2)14-13-17(18)20(15-9-5-3-6-10-15)16-11-7-4-8-12-16;2-1(3,4)5/h3-14H,1-2H3;(H,2,3,4,5)/q+1;/p-1. The average Bonchev–Trinajstić information content (AvgIpc) is 2.54. The van der Waals surface area contributed by atoms with E-state index in [1.54, 1.807) is 0 Å². The lowest BCUT2D eigenvalue weighted by Crippen LogP contribution is -2.68. The molecule has 0 fully saturated rings. The minimum atomic E-state index is -4.94. The van der Waals surface area contributed by atoms with Crippen LogP contribution in [0, 0.1) is 10.2 Å². The third kappa shape index (κ3) is 9.21. The van der Waals surface area contributed by atoms with Crippen LogP contribution < -0.4 is 23.5 Å². The Morgan fingerprint density at radius 2 is 1.24 bits per heavy atom. The first-order chi connectivity index (χ1) is 11.7. The molecule has 0 spiro atoms. The number of hydrogen-bond acceptors (Lipinski definition) is 5. The fourth-order valence-corrected chi connectivity index (χ4v) is 2.09. The Bertz CT molecular complexity index is 652. The van der Waals surface area contributed by atoms with Crippen molar-refractivity contribution in [2.75, 3.05) is 19.0 Å². The molecule has 0 N–H and O–H groups in total. The number of hydrogen-bond donors (Lipinski definition) is 0. The van der Waals surface area contributed by atoms with E-state index < -0.39 is 10.2 Å². The predicted octanol–water partition coefficient (Wildman–Crippen LogP) is -0.508. The molecular formula is C17H18Cl2N2O4. The number of para-hydroxylation sites is 2. The number of anilines is 2. The quantitative estimate of drug-likeness (QED) is 0.401. The van der Waals surface area contributed by atoms with Gasteiger partial charge in [0.25, 0.3) is 0 Å². The van der Waals surface area contributed by atoms with Crippen molar-refractivity contribution in [3.8, 4) is 0 Å². The van der Waals surface area contributed by atoms with Crippen LogP contribution in [0.15, 0.2) is 71.9 Å². The zero-order chi connectivity index (χ0) is 18.9. The van der Waals surface area contributed by atoms with E-state index in [1.165, 1.54) is 0 Å². The van der Waals surface area contributed by atoms with Crippen molar-refractivity contribution in [3.63, 3.8) is 0 Å². The molecule has 134 valence electrons. The summed E-state index contributed by atoms with van der Waals surface area (Å²) in [5.74, 6) is 0. The molecule has 0 aliphatic rings. The molecule has 6 nitrogen and oxygen atoms in total. The van der Waals surface area contributed by atoms with Crippen LogP contribution in [0.4, 0.5) is 11.4 Å². The van der Waals surface area contributed by atoms with E-state index in [4.69, 9.17) is 30.2 Å². The third-order valence-corrected chi connectivity index (χ3v) is 3.05. The molecule has 2 rings (SSSR count). The summed E-state index contributed by atoms with van der Waals surface area (Å²) in [6.07, 6.45) is 3.82. The van der Waals surface area contributed by atoms with E-state index in [0.717, 1.165) is 11.4 Å². The number of allylic oxidation sites excluding steroid dienone is 1. The van der Waals surface area contributed by atoms with E-state index >= 15 is 0 Å². The van der Waals surface area contributed by atoms with Crippen LogP contribution in [-0.2, 0) is 0 Å². The summed E-state index contributed by atoms with van der Waals surface area (Å²) in [7, 11) is -1.01. The Kier molecular flexibility index (Phi) is 8.57. The van der Waals surface area contributed by atoms with Gasteiger partial charge in [-0.1, -0.05) is 48.0 Å². The number of nitrogens with zero attached hydrogens (tertiary/aromatic N) is 2. The smallest absolute Gasteiger partial charge is 0.165 e. The van der Waals surface area contributed by atoms with Gasteiger partial charge in [0, 0.05) is 17.5 Å². The molecule has 0 heterocycles. The molecule has 0 aliphatic carbocycles. The van der Waals surface area contributed by atoms with Gasteiger partial charge in [-0.2, -0.15) is 0 Å². The fraction of sp³-hybridized carbons (Fsp3) is 0.118. The summed E-state index contributed by atoms with van der Waals surface area (Å²) in [5.41, 5.74) is 2.07. The second-order valence-corrected chi connectivity index (χ2v) is 6.13. The summed E-state index contributed by atoms with van der Waals surface area (Å²) >= 11 is 6.49. The molecule has 0 bridgehead atoms. The Labute approximate surface area is 153 Å². The van der Waals surface area contributed by atoms with E-state index in [1.807, 2.05) is 96.5 Å². The van der Waals surface area contributed by atoms with E-state index in [0.29, 0.717) is 5.16 Å². The zero-order valence-electron chi connectivity index (χ0n) is 13.7. The van der Waals surface area contributed by atoms with Crippen molar-refractivity contribution in [2.45, 2.75) is 0 Å². The normalized spacial score (nSPS) is 11.2. The lowest BCUT2D eigenvalue weighted by molar-refractivity contribution is -2.00. The Balaban J connectivity index is 0.000000550. The van der Waals surface area contributed by atoms with E-state index in [2.05, 4.69) is 0 Å². The Morgan fingerprint density at radius 3 is 1.56 bits per heavy atom. The lowest BCUT2D eigenvalue weighted by atomic mass is 10.2. The highest BCUT2D eigenvalue weighted by Crippen LogP contribution is 2.30. The Morgan fingerprint density at radius 1 is 0.880 bits per heavy atom. The van der Waals surface area contributed by atoms with Gasteiger partial charge < -0.3 is 4.90 Å². The molecule has 25 heavy (non-hydrogen) atoms. The van der Waals surface area contributed by atoms with Crippen molar-refractivity contribution in [3.05, 3.63) is 71.9 Å². The minimum Gasteiger partial charge on any atom is -0.301 e. The van der Waals surface area contributed by atoms with Gasteiger partial charge in [-0.25, -0.2) is 23.2 Å². The van der Waals surface area contributed by atoms with Gasteiger partial charge in [0.15, 0.2) is 6.21 Å². The second-order valence-electron chi connectivity index (χ2n) is 4.99. The molecule has 0 aromatic heterocycles. The molecule has 8 heteroatoms. The number of benzene rings is 2. The maximum atomic E-state index is 8.49. The van der Waals surface area contributed by atoms with Crippen LogP contribution in [0.1, 0.15) is 0 Å². The summed E-state index contributed by atoms with van der Waals surface area (Å²) in [5, 5.41) is 0.649. The SMILES string of the molecule is C[N+](C)=C/C=C(\Cl)N(c1ccccc1)c1ccccc1.[O-][Cl+3]([O-])([O-])[O-]. The van der Waals surface area contributed by atoms with Crippen LogP contribution in [-0.4, -0.2) is 24.9 Å². The topological polar surface area (TPSA) is 98.5 Å². The minimum absolute atomic E-state index is 0.649. The van der Waals surface area contributed by atoms with Gasteiger partial charge in [0.1, 0.15) is 19.3 Å². The van der Waals surface area contributed by atoms with Crippen molar-refractivity contribution < 1.29 is 33.5 Å². The monoisotopic (exact) mass is 384 g/mol. The summed E-state index contributed by atoms with van der Waals surface area (Å²) in [4.78, 5) is 2.02. The van der Waals surface area contributed by atoms with Crippen LogP contribution in [0.2, 0.25) is 0 Å². The van der Waals surface area contributed by atoms with E-state index in [9.17, 15) is 0 Å². The van der Waals surface area contributed by atoms with Crippen LogP contribution in [0.3, 0.4) is 0 Å². The highest BCUT2D eigenvalue weighted by Gasteiger charge is 2.12. The van der Waals surface area contributed by atoms with Gasteiger partial charge in [-0.15, -0.1) is 10.2 Å². The largest absolute Gasteiger partial charge is 0.301 e. The molecular weight excluding hydrogens is 367 g/mol. The molecule has 0 radical (unpaired) electrons. The van der Waals surface area contributed by atoms with Gasteiger partial charge in [0.2, 0.25) is 0 Å². The van der Waals surface area contributed by atoms with Crippen LogP contribution in [0.5, 0.6) is 0 Å². The van der Waals surface area contributed by atoms with Crippen molar-refractivity contribution >= 4 is 29.2 Å². The number of rotatable bonds is 4. The molecule has 0 saturated carbocycles. The van der Waals surface area contributed by atoms with E-state index in [-0.39, 0.29) is 0 Å². The molecule has 0 aliphatic heterocycles. The second kappa shape index (κ2) is 10.1. The van der Waals surface area contributed by atoms with Crippen LogP contribution >= 0.6 is 11.6 Å². The predicted molar refractivity (Wildman–Crippen MR) is 87.1 cm³/mol. The summed E-state index contributed by atoms with van der Waals surface area (Å²) in [6.45, 7) is 0. The molecule has 2 aromatic carbocycles. The summed E-state index contributed by atoms with van der Waals surface area (Å²) in [6, 6.07) is 20.2. The first-order valence-electron chi connectivity index (χ1n) is 7.07. The van der Waals surface area contributed by atoms with Gasteiger partial charge >= 0.3 is 0 Å². The molecule has 0 unspecified atom stereocenters. The molecule has 0 atom stereocenters. The van der Waals surface area contributed by atoms with Gasteiger partial charge in [-0.3, -0.25) is 0 Å². The first kappa shape index (κ1) is 21.1. The van der Waals surface area contributed by atoms with Gasteiger partial charge in [0.05, 0.1) is 0 Å². The third-order valence-electron chi connectivity index (χ3n) is 2.75. The molecule has 0 saturated heterocycles. The maximum absolute atomic E-state index is 8.49. The zero-order valence-corrected chi connectivity index (χ0v) is 15.2. The number of halogens is 2. The molecule has 2 aromatic rings.